The minimum absolute atomic E-state index is 0.138. The second-order valence-corrected chi connectivity index (χ2v) is 8.33. The van der Waals surface area contributed by atoms with Crippen molar-refractivity contribution in [1.82, 2.24) is 4.57 Å². The topological polar surface area (TPSA) is 28.7 Å². The second-order valence-electron chi connectivity index (χ2n) is 8.33. The van der Waals surface area contributed by atoms with Gasteiger partial charge < -0.3 is 4.57 Å². The van der Waals surface area contributed by atoms with Gasteiger partial charge in [0.25, 0.3) is 0 Å². The van der Waals surface area contributed by atoms with E-state index < -0.39 is 57.6 Å². The molecule has 0 unspecified atom stereocenters. The standard InChI is InChI=1S/C27H12F8N2/c1-12-8-14(20-21(28)23(30)25(32)24(31)22(20)29)10-17(27(33,34)35)26(12)37-18-5-3-2-4-15(18)16-9-13(11-36)6-7-19(16)37/h2-10H,1H3. The molecule has 0 amide bonds. The van der Waals surface area contributed by atoms with Crippen molar-refractivity contribution in [3.05, 3.63) is 100 Å². The number of nitrogens with zero attached hydrogens (tertiary/aromatic N) is 2. The number of para-hydroxylation sites is 1. The van der Waals surface area contributed by atoms with Crippen molar-refractivity contribution in [3.63, 3.8) is 0 Å². The lowest BCUT2D eigenvalue weighted by atomic mass is 9.96. The molecule has 2 nitrogen and oxygen atoms in total. The molecule has 0 bridgehead atoms. The first-order valence-corrected chi connectivity index (χ1v) is 10.6. The Morgan fingerprint density at radius 2 is 1.32 bits per heavy atom. The smallest absolute Gasteiger partial charge is 0.308 e. The van der Waals surface area contributed by atoms with Crippen molar-refractivity contribution in [3.8, 4) is 22.9 Å². The summed E-state index contributed by atoms with van der Waals surface area (Å²) in [5, 5.41) is 10.3. The molecule has 0 aliphatic heterocycles. The van der Waals surface area contributed by atoms with Gasteiger partial charge in [-0.05, 0) is 54.4 Å². The van der Waals surface area contributed by atoms with Gasteiger partial charge in [0.2, 0.25) is 5.82 Å². The number of fused-ring (bicyclic) bond motifs is 3. The largest absolute Gasteiger partial charge is 0.418 e. The maximum atomic E-state index is 14.5. The Morgan fingerprint density at radius 1 is 0.730 bits per heavy atom. The summed E-state index contributed by atoms with van der Waals surface area (Å²) in [6.45, 7) is 1.24. The molecule has 1 heterocycles. The Balaban J connectivity index is 1.91. The highest BCUT2D eigenvalue weighted by Crippen LogP contribution is 2.43. The number of rotatable bonds is 2. The average molecular weight is 516 g/mol. The monoisotopic (exact) mass is 516 g/mol. The summed E-state index contributed by atoms with van der Waals surface area (Å²) in [6.07, 6.45) is -5.08. The van der Waals surface area contributed by atoms with Crippen LogP contribution in [-0.4, -0.2) is 4.57 Å². The zero-order valence-corrected chi connectivity index (χ0v) is 18.6. The average Bonchev–Trinajstić information content (AvgIpc) is 3.19. The molecule has 0 aliphatic rings. The molecular formula is C27H12F8N2. The molecule has 37 heavy (non-hydrogen) atoms. The highest BCUT2D eigenvalue weighted by Gasteiger charge is 2.37. The van der Waals surface area contributed by atoms with E-state index in [1.54, 1.807) is 24.3 Å². The fraction of sp³-hybridized carbons (Fsp3) is 0.0741. The van der Waals surface area contributed by atoms with Crippen LogP contribution in [0.15, 0.2) is 54.6 Å². The SMILES string of the molecule is Cc1cc(-c2c(F)c(F)c(F)c(F)c2F)cc(C(F)(F)F)c1-n1c2ccccc2c2cc(C#N)ccc21. The third-order valence-corrected chi connectivity index (χ3v) is 6.13. The van der Waals surface area contributed by atoms with E-state index in [1.807, 2.05) is 6.07 Å². The molecule has 0 fully saturated rings. The van der Waals surface area contributed by atoms with Crippen LogP contribution in [0, 0.1) is 47.3 Å². The van der Waals surface area contributed by atoms with E-state index in [0.29, 0.717) is 27.9 Å². The number of hydrogen-bond acceptors (Lipinski definition) is 1. The van der Waals surface area contributed by atoms with Crippen LogP contribution in [0.1, 0.15) is 16.7 Å². The molecule has 10 heteroatoms. The Morgan fingerprint density at radius 3 is 1.95 bits per heavy atom. The normalized spacial score (nSPS) is 11.9. The summed E-state index contributed by atoms with van der Waals surface area (Å²) in [6, 6.07) is 14.2. The first-order chi connectivity index (χ1) is 17.5. The summed E-state index contributed by atoms with van der Waals surface area (Å²) in [5.74, 6) is -11.4. The van der Waals surface area contributed by atoms with Gasteiger partial charge in [-0.2, -0.15) is 18.4 Å². The van der Waals surface area contributed by atoms with Crippen LogP contribution in [0.3, 0.4) is 0 Å². The molecule has 186 valence electrons. The van der Waals surface area contributed by atoms with Gasteiger partial charge in [-0.1, -0.05) is 18.2 Å². The van der Waals surface area contributed by atoms with E-state index in [2.05, 4.69) is 0 Å². The minimum Gasteiger partial charge on any atom is -0.308 e. The van der Waals surface area contributed by atoms with Crippen molar-refractivity contribution >= 4 is 21.8 Å². The van der Waals surface area contributed by atoms with Gasteiger partial charge in [0.1, 0.15) is 0 Å². The highest BCUT2D eigenvalue weighted by molar-refractivity contribution is 6.09. The second kappa shape index (κ2) is 8.34. The minimum atomic E-state index is -5.08. The van der Waals surface area contributed by atoms with Crippen molar-refractivity contribution in [2.24, 2.45) is 0 Å². The van der Waals surface area contributed by atoms with Gasteiger partial charge in [0.15, 0.2) is 23.3 Å². The molecule has 5 rings (SSSR count). The number of benzene rings is 4. The van der Waals surface area contributed by atoms with E-state index >= 15 is 0 Å². The van der Waals surface area contributed by atoms with Gasteiger partial charge in [-0.3, -0.25) is 0 Å². The van der Waals surface area contributed by atoms with Crippen LogP contribution in [-0.2, 0) is 6.18 Å². The molecule has 1 aromatic heterocycles. The van der Waals surface area contributed by atoms with Crippen molar-refractivity contribution in [2.45, 2.75) is 13.1 Å². The first kappa shape index (κ1) is 24.3. The van der Waals surface area contributed by atoms with E-state index in [-0.39, 0.29) is 11.1 Å². The van der Waals surface area contributed by atoms with Crippen LogP contribution in [0.25, 0.3) is 38.6 Å². The maximum absolute atomic E-state index is 14.5. The number of aromatic nitrogens is 1. The summed E-state index contributed by atoms with van der Waals surface area (Å²) < 4.78 is 115. The van der Waals surface area contributed by atoms with E-state index in [1.165, 1.54) is 29.7 Å². The molecule has 0 saturated heterocycles. The van der Waals surface area contributed by atoms with Crippen LogP contribution < -0.4 is 0 Å². The van der Waals surface area contributed by atoms with Gasteiger partial charge in [0.05, 0.1) is 39.5 Å². The molecule has 0 saturated carbocycles. The Kier molecular flexibility index (Phi) is 5.48. The van der Waals surface area contributed by atoms with Crippen LogP contribution >= 0.6 is 0 Å². The molecule has 4 aromatic carbocycles. The van der Waals surface area contributed by atoms with Crippen molar-refractivity contribution in [2.75, 3.05) is 0 Å². The fourth-order valence-corrected chi connectivity index (χ4v) is 4.58. The highest BCUT2D eigenvalue weighted by atomic mass is 19.4. The van der Waals surface area contributed by atoms with E-state index in [4.69, 9.17) is 0 Å². The summed E-state index contributed by atoms with van der Waals surface area (Å²) in [4.78, 5) is 0. The number of aryl methyl sites for hydroxylation is 1. The number of halogens is 8. The molecule has 0 aliphatic carbocycles. The van der Waals surface area contributed by atoms with Gasteiger partial charge >= 0.3 is 6.18 Å². The summed E-state index contributed by atoms with van der Waals surface area (Å²) in [5.41, 5.74) is -3.21. The quantitative estimate of drug-likeness (QED) is 0.132. The third kappa shape index (κ3) is 3.61. The van der Waals surface area contributed by atoms with Gasteiger partial charge in [0, 0.05) is 10.8 Å². The number of alkyl halides is 3. The zero-order chi connectivity index (χ0) is 26.8. The number of nitriles is 1. The van der Waals surface area contributed by atoms with Crippen molar-refractivity contribution in [1.29, 1.82) is 5.26 Å². The van der Waals surface area contributed by atoms with E-state index in [9.17, 15) is 40.4 Å². The van der Waals surface area contributed by atoms with Gasteiger partial charge in [-0.15, -0.1) is 0 Å². The summed E-state index contributed by atoms with van der Waals surface area (Å²) in [7, 11) is 0. The Hall–Kier alpha value is -4.39. The third-order valence-electron chi connectivity index (χ3n) is 6.13. The predicted molar refractivity (Wildman–Crippen MR) is 120 cm³/mol. The molecule has 0 atom stereocenters. The Bertz CT molecular complexity index is 1760. The van der Waals surface area contributed by atoms with E-state index in [0.717, 1.165) is 6.07 Å². The lowest BCUT2D eigenvalue weighted by molar-refractivity contribution is -0.137. The molecular weight excluding hydrogens is 504 g/mol. The molecule has 0 N–H and O–H groups in total. The molecule has 0 radical (unpaired) electrons. The Labute approximate surface area is 203 Å². The zero-order valence-electron chi connectivity index (χ0n) is 18.6. The predicted octanol–water partition coefficient (Wildman–Crippen LogP) is 8.35. The lowest BCUT2D eigenvalue weighted by Gasteiger charge is -2.20. The fourth-order valence-electron chi connectivity index (χ4n) is 4.58. The van der Waals surface area contributed by atoms with Crippen LogP contribution in [0.2, 0.25) is 0 Å². The van der Waals surface area contributed by atoms with Crippen LogP contribution in [0.5, 0.6) is 0 Å². The van der Waals surface area contributed by atoms with Crippen LogP contribution in [0.4, 0.5) is 35.1 Å². The lowest BCUT2D eigenvalue weighted by Crippen LogP contribution is -2.13. The molecule has 5 aromatic rings. The number of hydrogen-bond donors (Lipinski definition) is 0. The first-order valence-electron chi connectivity index (χ1n) is 10.6. The summed E-state index contributed by atoms with van der Waals surface area (Å²) >= 11 is 0. The van der Waals surface area contributed by atoms with Gasteiger partial charge in [-0.25, -0.2) is 22.0 Å². The maximum Gasteiger partial charge on any atom is 0.418 e. The van der Waals surface area contributed by atoms with Crippen molar-refractivity contribution < 1.29 is 35.1 Å². The molecule has 0 spiro atoms.